The monoisotopic (exact) mass is 716 g/mol. The van der Waals surface area contributed by atoms with Crippen LogP contribution in [0.15, 0.2) is 194 Å². The lowest BCUT2D eigenvalue weighted by atomic mass is 9.93. The molecule has 11 aromatic rings. The minimum atomic E-state index is 0.702. The van der Waals surface area contributed by atoms with Gasteiger partial charge in [0.05, 0.1) is 22.1 Å². The van der Waals surface area contributed by atoms with Gasteiger partial charge in [-0.3, -0.25) is 9.13 Å². The molecule has 0 aliphatic heterocycles. The summed E-state index contributed by atoms with van der Waals surface area (Å²) in [6.07, 6.45) is 3.69. The van der Waals surface area contributed by atoms with E-state index in [1.54, 1.807) is 0 Å². The zero-order valence-electron chi connectivity index (χ0n) is 30.2. The molecule has 7 aromatic carbocycles. The van der Waals surface area contributed by atoms with Crippen molar-refractivity contribution < 1.29 is 0 Å². The van der Waals surface area contributed by atoms with E-state index >= 15 is 0 Å². The minimum absolute atomic E-state index is 0.702. The highest BCUT2D eigenvalue weighted by atomic mass is 15.1. The zero-order valence-corrected chi connectivity index (χ0v) is 30.2. The van der Waals surface area contributed by atoms with E-state index in [0.717, 1.165) is 56.0 Å². The van der Waals surface area contributed by atoms with E-state index in [1.165, 1.54) is 32.7 Å². The molecule has 56 heavy (non-hydrogen) atoms. The van der Waals surface area contributed by atoms with Crippen LogP contribution < -0.4 is 0 Å². The van der Waals surface area contributed by atoms with E-state index < -0.39 is 0 Å². The Morgan fingerprint density at radius 2 is 0.696 bits per heavy atom. The Bertz CT molecular complexity index is 3030. The second kappa shape index (κ2) is 13.0. The Morgan fingerprint density at radius 1 is 0.304 bits per heavy atom. The number of benzene rings is 7. The Labute approximate surface area is 322 Å². The first-order valence-corrected chi connectivity index (χ1v) is 18.7. The fourth-order valence-corrected chi connectivity index (χ4v) is 8.16. The van der Waals surface area contributed by atoms with E-state index in [1.807, 2.05) is 85.2 Å². The molecule has 0 saturated carbocycles. The fourth-order valence-electron chi connectivity index (χ4n) is 8.16. The molecule has 0 bridgehead atoms. The van der Waals surface area contributed by atoms with Crippen LogP contribution in [0.4, 0.5) is 0 Å². The summed E-state index contributed by atoms with van der Waals surface area (Å²) in [7, 11) is 0. The van der Waals surface area contributed by atoms with Gasteiger partial charge in [0.25, 0.3) is 0 Å². The molecule has 0 amide bonds. The molecule has 4 aromatic heterocycles. The van der Waals surface area contributed by atoms with Crippen molar-refractivity contribution in [3.63, 3.8) is 0 Å². The van der Waals surface area contributed by atoms with E-state index in [-0.39, 0.29) is 0 Å². The zero-order chi connectivity index (χ0) is 37.0. The van der Waals surface area contributed by atoms with Gasteiger partial charge in [-0.15, -0.1) is 0 Å². The molecule has 0 saturated heterocycles. The van der Waals surface area contributed by atoms with Crippen LogP contribution in [0.2, 0.25) is 0 Å². The van der Waals surface area contributed by atoms with Crippen molar-refractivity contribution in [2.75, 3.05) is 0 Å². The molecule has 0 N–H and O–H groups in total. The van der Waals surface area contributed by atoms with Gasteiger partial charge in [0.1, 0.15) is 11.6 Å². The summed E-state index contributed by atoms with van der Waals surface area (Å²) < 4.78 is 4.50. The van der Waals surface area contributed by atoms with Crippen molar-refractivity contribution >= 4 is 43.6 Å². The van der Waals surface area contributed by atoms with Crippen molar-refractivity contribution in [1.82, 2.24) is 29.1 Å². The predicted octanol–water partition coefficient (Wildman–Crippen LogP) is 12.1. The second-order valence-electron chi connectivity index (χ2n) is 13.9. The Kier molecular flexibility index (Phi) is 7.38. The first-order valence-electron chi connectivity index (χ1n) is 18.7. The first-order chi connectivity index (χ1) is 27.8. The Hall–Kier alpha value is -7.70. The van der Waals surface area contributed by atoms with Gasteiger partial charge >= 0.3 is 0 Å². The maximum Gasteiger partial charge on any atom is 0.161 e. The second-order valence-corrected chi connectivity index (χ2v) is 13.9. The minimum Gasteiger partial charge on any atom is -0.294 e. The summed E-state index contributed by atoms with van der Waals surface area (Å²) in [6.45, 7) is 0. The molecule has 6 heteroatoms. The largest absolute Gasteiger partial charge is 0.294 e. The number of rotatable bonds is 6. The van der Waals surface area contributed by atoms with Crippen molar-refractivity contribution in [3.05, 3.63) is 194 Å². The molecule has 0 atom stereocenters. The average Bonchev–Trinajstić information content (AvgIpc) is 3.79. The molecule has 0 fully saturated rings. The molecule has 0 unspecified atom stereocenters. The van der Waals surface area contributed by atoms with Gasteiger partial charge in [-0.1, -0.05) is 133 Å². The SMILES string of the molecule is c1ccc(-c2nccc(-n3c4ccccc4c4cc(-c5ccccc5-c5ccc6c(c5)c5ccccc5n6-c5ccnc(-c6ccccc6)n5)ccc43)n2)cc1. The lowest BCUT2D eigenvalue weighted by molar-refractivity contribution is 1.04. The van der Waals surface area contributed by atoms with E-state index in [4.69, 9.17) is 9.97 Å². The van der Waals surface area contributed by atoms with Gasteiger partial charge in [0.15, 0.2) is 11.6 Å². The van der Waals surface area contributed by atoms with E-state index in [9.17, 15) is 0 Å². The first kappa shape index (κ1) is 31.8. The van der Waals surface area contributed by atoms with Gasteiger partial charge < -0.3 is 0 Å². The van der Waals surface area contributed by atoms with Crippen molar-refractivity contribution in [3.8, 4) is 56.7 Å². The number of fused-ring (bicyclic) bond motifs is 6. The summed E-state index contributed by atoms with van der Waals surface area (Å²) in [4.78, 5) is 19.3. The molecular formula is C50H32N6. The van der Waals surface area contributed by atoms with Crippen LogP contribution in [-0.4, -0.2) is 29.1 Å². The van der Waals surface area contributed by atoms with Crippen LogP contribution in [0, 0.1) is 0 Å². The van der Waals surface area contributed by atoms with Crippen LogP contribution >= 0.6 is 0 Å². The molecule has 0 radical (unpaired) electrons. The number of aromatic nitrogens is 6. The van der Waals surface area contributed by atoms with Gasteiger partial charge in [-0.05, 0) is 70.8 Å². The molecular weight excluding hydrogens is 685 g/mol. The third kappa shape index (κ3) is 5.19. The van der Waals surface area contributed by atoms with Crippen molar-refractivity contribution in [1.29, 1.82) is 0 Å². The summed E-state index contributed by atoms with van der Waals surface area (Å²) in [5.41, 5.74) is 11.0. The molecule has 0 aliphatic rings. The van der Waals surface area contributed by atoms with Crippen LogP contribution in [-0.2, 0) is 0 Å². The number of nitrogens with zero attached hydrogens (tertiary/aromatic N) is 6. The average molecular weight is 717 g/mol. The van der Waals surface area contributed by atoms with Gasteiger partial charge in [-0.2, -0.15) is 0 Å². The lowest BCUT2D eigenvalue weighted by Crippen LogP contribution is -2.00. The number of hydrogen-bond acceptors (Lipinski definition) is 4. The molecule has 4 heterocycles. The topological polar surface area (TPSA) is 61.4 Å². The third-order valence-corrected chi connectivity index (χ3v) is 10.7. The van der Waals surface area contributed by atoms with Crippen LogP contribution in [0.25, 0.3) is 100 Å². The highest BCUT2D eigenvalue weighted by molar-refractivity contribution is 6.12. The maximum absolute atomic E-state index is 5.05. The van der Waals surface area contributed by atoms with Crippen LogP contribution in [0.1, 0.15) is 0 Å². The fraction of sp³-hybridized carbons (Fsp3) is 0. The van der Waals surface area contributed by atoms with Crippen molar-refractivity contribution in [2.45, 2.75) is 0 Å². The van der Waals surface area contributed by atoms with E-state index in [0.29, 0.717) is 11.6 Å². The van der Waals surface area contributed by atoms with Crippen LogP contribution in [0.3, 0.4) is 0 Å². The normalized spacial score (nSPS) is 11.6. The molecule has 262 valence electrons. The van der Waals surface area contributed by atoms with Gasteiger partial charge in [0, 0.05) is 45.1 Å². The summed E-state index contributed by atoms with van der Waals surface area (Å²) in [5, 5.41) is 4.70. The summed E-state index contributed by atoms with van der Waals surface area (Å²) in [5.74, 6) is 3.08. The number of para-hydroxylation sites is 2. The number of hydrogen-bond donors (Lipinski definition) is 0. The maximum atomic E-state index is 5.05. The molecule has 6 nitrogen and oxygen atoms in total. The molecule has 0 aliphatic carbocycles. The highest BCUT2D eigenvalue weighted by Crippen LogP contribution is 2.40. The summed E-state index contributed by atoms with van der Waals surface area (Å²) >= 11 is 0. The Morgan fingerprint density at radius 3 is 1.16 bits per heavy atom. The molecule has 0 spiro atoms. The van der Waals surface area contributed by atoms with Gasteiger partial charge in [0.2, 0.25) is 0 Å². The lowest BCUT2D eigenvalue weighted by Gasteiger charge is -2.12. The summed E-state index contributed by atoms with van der Waals surface area (Å²) in [6, 6.07) is 63.7. The van der Waals surface area contributed by atoms with Crippen LogP contribution in [0.5, 0.6) is 0 Å². The third-order valence-electron chi connectivity index (χ3n) is 10.7. The predicted molar refractivity (Wildman–Crippen MR) is 228 cm³/mol. The molecule has 11 rings (SSSR count). The highest BCUT2D eigenvalue weighted by Gasteiger charge is 2.18. The van der Waals surface area contributed by atoms with Gasteiger partial charge in [-0.25, -0.2) is 19.9 Å². The van der Waals surface area contributed by atoms with E-state index in [2.05, 4.69) is 128 Å². The standard InChI is InChI=1S/C50H32N6/c1-3-13-33(14-4-1)49-51-29-27-47(53-49)55-43-21-11-9-19-39(43)41-31-35(23-25-45(41)55)37-17-7-8-18-38(37)36-24-26-46-42(32-36)40-20-10-12-22-44(40)56(46)48-28-30-52-50(54-48)34-15-5-2-6-16-34/h1-32H. The van der Waals surface area contributed by atoms with Crippen molar-refractivity contribution in [2.24, 2.45) is 0 Å². The smallest absolute Gasteiger partial charge is 0.161 e. The quantitative estimate of drug-likeness (QED) is 0.172. The Balaban J connectivity index is 1.04.